The van der Waals surface area contributed by atoms with Gasteiger partial charge in [0.2, 0.25) is 0 Å². The Bertz CT molecular complexity index is 924. The highest BCUT2D eigenvalue weighted by atomic mass is 32.1. The number of guanidine groups is 1. The first kappa shape index (κ1) is 19.1. The van der Waals surface area contributed by atoms with Crippen molar-refractivity contribution in [3.05, 3.63) is 63.4 Å². The third kappa shape index (κ3) is 4.95. The minimum atomic E-state index is 0.671. The van der Waals surface area contributed by atoms with Gasteiger partial charge in [0.25, 0.3) is 0 Å². The fourth-order valence-corrected chi connectivity index (χ4v) is 3.73. The van der Waals surface area contributed by atoms with Crippen molar-refractivity contribution in [1.82, 2.24) is 25.4 Å². The van der Waals surface area contributed by atoms with Crippen LogP contribution in [0.5, 0.6) is 0 Å². The highest BCUT2D eigenvalue weighted by Gasteiger charge is 2.09. The lowest BCUT2D eigenvalue weighted by Gasteiger charge is -2.15. The van der Waals surface area contributed by atoms with Crippen molar-refractivity contribution in [2.75, 3.05) is 13.6 Å². The third-order valence-corrected chi connectivity index (χ3v) is 5.17. The normalized spacial score (nSPS) is 11.6. The number of para-hydroxylation sites is 1. The first-order valence-corrected chi connectivity index (χ1v) is 9.86. The second-order valence-electron chi connectivity index (χ2n) is 6.43. The van der Waals surface area contributed by atoms with E-state index in [0.29, 0.717) is 6.54 Å². The standard InChI is InChI=1S/C20H26N6S/c1-14-11-15(2)26(25-14)18-8-6-5-7-17(18)13-24-20(21-4)22-10-9-19-23-12-16(3)27-19/h5-8,11-12H,9-10,13H2,1-4H3,(H2,21,22,24). The van der Waals surface area contributed by atoms with Gasteiger partial charge in [0.05, 0.1) is 16.4 Å². The molecule has 6 nitrogen and oxygen atoms in total. The molecule has 27 heavy (non-hydrogen) atoms. The van der Waals surface area contributed by atoms with Crippen LogP contribution in [0, 0.1) is 20.8 Å². The molecule has 2 heterocycles. The van der Waals surface area contributed by atoms with E-state index in [1.54, 1.807) is 18.4 Å². The lowest BCUT2D eigenvalue weighted by Crippen LogP contribution is -2.38. The number of rotatable bonds is 6. The number of nitrogens with zero attached hydrogens (tertiary/aromatic N) is 4. The maximum Gasteiger partial charge on any atom is 0.191 e. The van der Waals surface area contributed by atoms with Gasteiger partial charge in [0.15, 0.2) is 5.96 Å². The van der Waals surface area contributed by atoms with Gasteiger partial charge in [-0.2, -0.15) is 5.10 Å². The highest BCUT2D eigenvalue weighted by Crippen LogP contribution is 2.17. The molecule has 2 N–H and O–H groups in total. The Morgan fingerprint density at radius 3 is 2.67 bits per heavy atom. The number of aromatic nitrogens is 3. The number of nitrogens with one attached hydrogen (secondary N) is 2. The Balaban J connectivity index is 1.61. The van der Waals surface area contributed by atoms with E-state index in [2.05, 4.69) is 57.8 Å². The molecule has 1 aromatic carbocycles. The molecule has 0 aliphatic rings. The van der Waals surface area contributed by atoms with Crippen LogP contribution in [0.1, 0.15) is 26.8 Å². The fraction of sp³-hybridized carbons (Fsp3) is 0.350. The van der Waals surface area contributed by atoms with Crippen molar-refractivity contribution in [3.8, 4) is 5.69 Å². The molecule has 0 aliphatic heterocycles. The molecule has 3 rings (SSSR count). The minimum Gasteiger partial charge on any atom is -0.356 e. The van der Waals surface area contributed by atoms with Crippen molar-refractivity contribution in [3.63, 3.8) is 0 Å². The highest BCUT2D eigenvalue weighted by molar-refractivity contribution is 7.11. The molecule has 0 fully saturated rings. The second-order valence-corrected chi connectivity index (χ2v) is 7.75. The molecule has 0 saturated heterocycles. The van der Waals surface area contributed by atoms with E-state index in [-0.39, 0.29) is 0 Å². The molecular formula is C20H26N6S. The summed E-state index contributed by atoms with van der Waals surface area (Å²) in [6.07, 6.45) is 2.81. The number of aliphatic imine (C=N–C) groups is 1. The second kappa shape index (κ2) is 8.81. The van der Waals surface area contributed by atoms with Crippen molar-refractivity contribution in [2.24, 2.45) is 4.99 Å². The topological polar surface area (TPSA) is 67.1 Å². The van der Waals surface area contributed by atoms with Crippen LogP contribution in [0.15, 0.2) is 41.5 Å². The lowest BCUT2D eigenvalue weighted by molar-refractivity contribution is 0.774. The van der Waals surface area contributed by atoms with Crippen LogP contribution in [-0.2, 0) is 13.0 Å². The van der Waals surface area contributed by atoms with E-state index in [1.807, 2.05) is 29.9 Å². The lowest BCUT2D eigenvalue weighted by atomic mass is 10.1. The molecule has 0 saturated carbocycles. The Labute approximate surface area is 164 Å². The molecule has 142 valence electrons. The number of thiazole rings is 1. The van der Waals surface area contributed by atoms with Crippen LogP contribution in [0.4, 0.5) is 0 Å². The largest absolute Gasteiger partial charge is 0.356 e. The van der Waals surface area contributed by atoms with Gasteiger partial charge in [-0.05, 0) is 38.5 Å². The Morgan fingerprint density at radius 1 is 1.19 bits per heavy atom. The zero-order valence-corrected chi connectivity index (χ0v) is 17.1. The van der Waals surface area contributed by atoms with Crippen molar-refractivity contribution in [1.29, 1.82) is 0 Å². The van der Waals surface area contributed by atoms with Crippen molar-refractivity contribution in [2.45, 2.75) is 33.7 Å². The summed E-state index contributed by atoms with van der Waals surface area (Å²) in [5.41, 5.74) is 4.40. The number of benzene rings is 1. The molecule has 3 aromatic rings. The zero-order valence-electron chi connectivity index (χ0n) is 16.3. The van der Waals surface area contributed by atoms with Crippen LogP contribution in [0.25, 0.3) is 5.69 Å². The van der Waals surface area contributed by atoms with Crippen LogP contribution in [0.2, 0.25) is 0 Å². The Morgan fingerprint density at radius 2 is 2.00 bits per heavy atom. The van der Waals surface area contributed by atoms with Crippen LogP contribution in [0.3, 0.4) is 0 Å². The van der Waals surface area contributed by atoms with E-state index in [1.165, 1.54) is 10.4 Å². The first-order valence-electron chi connectivity index (χ1n) is 9.04. The molecule has 0 amide bonds. The van der Waals surface area contributed by atoms with Crippen LogP contribution >= 0.6 is 11.3 Å². The maximum atomic E-state index is 4.61. The molecule has 2 aromatic heterocycles. The molecule has 0 bridgehead atoms. The molecular weight excluding hydrogens is 356 g/mol. The average Bonchev–Trinajstić information content (AvgIpc) is 3.22. The SMILES string of the molecule is CN=C(NCCc1ncc(C)s1)NCc1ccccc1-n1nc(C)cc1C. The Hall–Kier alpha value is -2.67. The van der Waals surface area contributed by atoms with Gasteiger partial charge in [-0.25, -0.2) is 9.67 Å². The fourth-order valence-electron chi connectivity index (χ4n) is 2.94. The zero-order chi connectivity index (χ0) is 19.2. The minimum absolute atomic E-state index is 0.671. The van der Waals surface area contributed by atoms with Gasteiger partial charge in [-0.15, -0.1) is 11.3 Å². The van der Waals surface area contributed by atoms with Gasteiger partial charge in [-0.1, -0.05) is 18.2 Å². The average molecular weight is 383 g/mol. The Kier molecular flexibility index (Phi) is 6.24. The van der Waals surface area contributed by atoms with Crippen LogP contribution in [-0.4, -0.2) is 34.3 Å². The molecule has 0 spiro atoms. The van der Waals surface area contributed by atoms with E-state index in [4.69, 9.17) is 0 Å². The summed E-state index contributed by atoms with van der Waals surface area (Å²) in [4.78, 5) is 9.96. The quantitative estimate of drug-likeness (QED) is 0.508. The molecule has 0 unspecified atom stereocenters. The van der Waals surface area contributed by atoms with Gasteiger partial charge < -0.3 is 10.6 Å². The predicted molar refractivity (Wildman–Crippen MR) is 112 cm³/mol. The number of hydrogen-bond acceptors (Lipinski definition) is 4. The maximum absolute atomic E-state index is 4.61. The summed E-state index contributed by atoms with van der Waals surface area (Å²) < 4.78 is 1.99. The van der Waals surface area contributed by atoms with E-state index < -0.39 is 0 Å². The molecule has 7 heteroatoms. The third-order valence-electron chi connectivity index (χ3n) is 4.20. The van der Waals surface area contributed by atoms with Gasteiger partial charge in [-0.3, -0.25) is 4.99 Å². The van der Waals surface area contributed by atoms with E-state index in [9.17, 15) is 0 Å². The van der Waals surface area contributed by atoms with Crippen LogP contribution < -0.4 is 10.6 Å². The summed E-state index contributed by atoms with van der Waals surface area (Å²) in [7, 11) is 1.79. The van der Waals surface area contributed by atoms with Gasteiger partial charge in [0, 0.05) is 43.3 Å². The molecule has 0 radical (unpaired) electrons. The summed E-state index contributed by atoms with van der Waals surface area (Å²) in [5, 5.41) is 12.5. The van der Waals surface area contributed by atoms with Gasteiger partial charge >= 0.3 is 0 Å². The van der Waals surface area contributed by atoms with Gasteiger partial charge in [0.1, 0.15) is 0 Å². The number of aryl methyl sites for hydroxylation is 3. The molecule has 0 atom stereocenters. The van der Waals surface area contributed by atoms with E-state index >= 15 is 0 Å². The van der Waals surface area contributed by atoms with Crippen molar-refractivity contribution >= 4 is 17.3 Å². The van der Waals surface area contributed by atoms with Crippen molar-refractivity contribution < 1.29 is 0 Å². The van der Waals surface area contributed by atoms with E-state index in [0.717, 1.165) is 41.0 Å². The molecule has 0 aliphatic carbocycles. The smallest absolute Gasteiger partial charge is 0.191 e. The predicted octanol–water partition coefficient (Wildman–Crippen LogP) is 3.16. The summed E-state index contributed by atoms with van der Waals surface area (Å²) in [6.45, 7) is 7.64. The summed E-state index contributed by atoms with van der Waals surface area (Å²) >= 11 is 1.74. The number of hydrogen-bond donors (Lipinski definition) is 2. The summed E-state index contributed by atoms with van der Waals surface area (Å²) in [5.74, 6) is 0.784. The first-order chi connectivity index (χ1) is 13.1. The summed E-state index contributed by atoms with van der Waals surface area (Å²) in [6, 6.07) is 10.4. The monoisotopic (exact) mass is 382 g/mol.